The first-order valence-corrected chi connectivity index (χ1v) is 4.77. The predicted octanol–water partition coefficient (Wildman–Crippen LogP) is 1.21. The van der Waals surface area contributed by atoms with E-state index >= 15 is 0 Å². The lowest BCUT2D eigenvalue weighted by molar-refractivity contribution is 0.163. The van der Waals surface area contributed by atoms with Gasteiger partial charge >= 0.3 is 0 Å². The van der Waals surface area contributed by atoms with Crippen LogP contribution in [0.5, 0.6) is 0 Å². The molecule has 0 radical (unpaired) electrons. The van der Waals surface area contributed by atoms with E-state index in [9.17, 15) is 5.11 Å². The van der Waals surface area contributed by atoms with E-state index in [4.69, 9.17) is 22.4 Å². The van der Waals surface area contributed by atoms with Gasteiger partial charge in [-0.25, -0.2) is 0 Å². The number of benzene rings is 1. The molecule has 0 aliphatic rings. The molecule has 0 aromatic heterocycles. The molecule has 0 saturated carbocycles. The lowest BCUT2D eigenvalue weighted by atomic mass is 9.98. The summed E-state index contributed by atoms with van der Waals surface area (Å²) < 4.78 is 0. The van der Waals surface area contributed by atoms with E-state index in [1.807, 2.05) is 0 Å². The zero-order valence-corrected chi connectivity index (χ0v) is 8.70. The third-order valence-corrected chi connectivity index (χ3v) is 2.39. The van der Waals surface area contributed by atoms with Gasteiger partial charge in [0, 0.05) is 5.02 Å². The lowest BCUT2D eigenvalue weighted by Crippen LogP contribution is -2.24. The minimum atomic E-state index is -0.651. The van der Waals surface area contributed by atoms with Crippen LogP contribution in [0.3, 0.4) is 0 Å². The summed E-state index contributed by atoms with van der Waals surface area (Å²) in [6, 6.07) is 4.58. The maximum Gasteiger partial charge on any atom is 0.0704 e. The molecule has 3 nitrogen and oxygen atoms in total. The van der Waals surface area contributed by atoms with Gasteiger partial charge in [0.1, 0.15) is 0 Å². The molecule has 78 valence electrons. The van der Waals surface area contributed by atoms with Gasteiger partial charge in [-0.15, -0.1) is 0 Å². The van der Waals surface area contributed by atoms with Crippen molar-refractivity contribution in [1.29, 1.82) is 0 Å². The van der Waals surface area contributed by atoms with Crippen molar-refractivity contribution in [2.45, 2.75) is 25.7 Å². The molecule has 4 heteroatoms. The van der Waals surface area contributed by atoms with Crippen LogP contribution < -0.4 is 5.73 Å². The van der Waals surface area contributed by atoms with Gasteiger partial charge < -0.3 is 15.9 Å². The molecule has 0 aliphatic heterocycles. The Labute approximate surface area is 88.1 Å². The molecule has 0 amide bonds. The molecule has 0 unspecified atom stereocenters. The number of hydrogen-bond acceptors (Lipinski definition) is 3. The van der Waals surface area contributed by atoms with Crippen LogP contribution in [0.1, 0.15) is 24.1 Å². The van der Waals surface area contributed by atoms with E-state index in [-0.39, 0.29) is 6.61 Å². The van der Waals surface area contributed by atoms with Crippen LogP contribution in [0.25, 0.3) is 0 Å². The highest BCUT2D eigenvalue weighted by molar-refractivity contribution is 6.30. The Bertz CT molecular complexity index is 315. The van der Waals surface area contributed by atoms with Gasteiger partial charge in [-0.2, -0.15) is 0 Å². The first-order chi connectivity index (χ1) is 6.56. The van der Waals surface area contributed by atoms with Gasteiger partial charge in [0.25, 0.3) is 0 Å². The van der Waals surface area contributed by atoms with Crippen LogP contribution >= 0.6 is 11.6 Å². The first-order valence-electron chi connectivity index (χ1n) is 4.39. The van der Waals surface area contributed by atoms with E-state index in [1.165, 1.54) is 0 Å². The Morgan fingerprint density at radius 1 is 1.50 bits per heavy atom. The Balaban J connectivity index is 3.07. The summed E-state index contributed by atoms with van der Waals surface area (Å²) in [5.41, 5.74) is 7.15. The van der Waals surface area contributed by atoms with Crippen LogP contribution in [0.4, 0.5) is 0 Å². The molecule has 1 aromatic carbocycles. The Morgan fingerprint density at radius 2 is 2.14 bits per heavy atom. The number of rotatable bonds is 3. The summed E-state index contributed by atoms with van der Waals surface area (Å²) in [5, 5.41) is 19.0. The second kappa shape index (κ2) is 4.75. The number of aliphatic hydroxyl groups excluding tert-OH is 2. The van der Waals surface area contributed by atoms with Crippen LogP contribution in [0.2, 0.25) is 5.02 Å². The summed E-state index contributed by atoms with van der Waals surface area (Å²) in [6.45, 7) is 1.48. The van der Waals surface area contributed by atoms with Crippen LogP contribution in [0, 0.1) is 0 Å². The Hall–Kier alpha value is -0.610. The van der Waals surface area contributed by atoms with Crippen molar-refractivity contribution in [3.05, 3.63) is 34.3 Å². The Kier molecular flexibility index (Phi) is 3.89. The molecule has 2 atom stereocenters. The molecule has 14 heavy (non-hydrogen) atoms. The van der Waals surface area contributed by atoms with Crippen molar-refractivity contribution in [1.82, 2.24) is 0 Å². The summed E-state index contributed by atoms with van der Waals surface area (Å²) in [4.78, 5) is 0. The molecule has 0 fully saturated rings. The summed E-state index contributed by atoms with van der Waals surface area (Å²) >= 11 is 5.77. The molecule has 1 rings (SSSR count). The summed E-state index contributed by atoms with van der Waals surface area (Å²) in [5.74, 6) is 0. The van der Waals surface area contributed by atoms with Crippen LogP contribution in [-0.4, -0.2) is 16.3 Å². The normalized spacial score (nSPS) is 15.2. The molecule has 1 aromatic rings. The van der Waals surface area contributed by atoms with Crippen molar-refractivity contribution in [3.63, 3.8) is 0 Å². The third-order valence-electron chi connectivity index (χ3n) is 2.15. The minimum absolute atomic E-state index is 0.129. The lowest BCUT2D eigenvalue weighted by Gasteiger charge is -2.18. The minimum Gasteiger partial charge on any atom is -0.392 e. The van der Waals surface area contributed by atoms with Gasteiger partial charge in [-0.1, -0.05) is 17.7 Å². The predicted molar refractivity (Wildman–Crippen MR) is 56.0 cm³/mol. The molecular formula is C10H14ClNO2. The maximum atomic E-state index is 9.32. The average molecular weight is 216 g/mol. The van der Waals surface area contributed by atoms with Crippen molar-refractivity contribution < 1.29 is 10.2 Å². The van der Waals surface area contributed by atoms with Crippen LogP contribution in [-0.2, 0) is 6.61 Å². The fourth-order valence-corrected chi connectivity index (χ4v) is 1.49. The summed E-state index contributed by atoms with van der Waals surface area (Å²) in [6.07, 6.45) is -0.651. The van der Waals surface area contributed by atoms with E-state index in [1.54, 1.807) is 25.1 Å². The van der Waals surface area contributed by atoms with Crippen molar-refractivity contribution in [2.75, 3.05) is 0 Å². The highest BCUT2D eigenvalue weighted by atomic mass is 35.5. The number of aliphatic hydroxyl groups is 2. The number of nitrogens with two attached hydrogens (primary N) is 1. The second-order valence-electron chi connectivity index (χ2n) is 3.27. The molecule has 0 aliphatic carbocycles. The molecule has 0 heterocycles. The van der Waals surface area contributed by atoms with Gasteiger partial charge in [0.15, 0.2) is 0 Å². The second-order valence-corrected chi connectivity index (χ2v) is 3.70. The maximum absolute atomic E-state index is 9.32. The monoisotopic (exact) mass is 215 g/mol. The van der Waals surface area contributed by atoms with E-state index < -0.39 is 12.1 Å². The fraction of sp³-hybridized carbons (Fsp3) is 0.400. The van der Waals surface area contributed by atoms with E-state index in [0.717, 1.165) is 5.56 Å². The van der Waals surface area contributed by atoms with E-state index in [0.29, 0.717) is 10.6 Å². The quantitative estimate of drug-likeness (QED) is 0.710. The highest BCUT2D eigenvalue weighted by Gasteiger charge is 2.15. The van der Waals surface area contributed by atoms with Gasteiger partial charge in [-0.3, -0.25) is 0 Å². The van der Waals surface area contributed by atoms with Gasteiger partial charge in [-0.05, 0) is 30.2 Å². The zero-order valence-electron chi connectivity index (χ0n) is 7.94. The van der Waals surface area contributed by atoms with Crippen molar-refractivity contribution in [2.24, 2.45) is 5.73 Å². The number of hydrogen-bond donors (Lipinski definition) is 3. The summed E-state index contributed by atoms with van der Waals surface area (Å²) in [7, 11) is 0. The topological polar surface area (TPSA) is 66.5 Å². The standard InChI is InChI=1S/C10H14ClNO2/c1-6(14)10(12)9-3-2-8(11)4-7(9)5-13/h2-4,6,10,13-14H,5,12H2,1H3/t6-,10+/m0/s1. The highest BCUT2D eigenvalue weighted by Crippen LogP contribution is 2.22. The fourth-order valence-electron chi connectivity index (χ4n) is 1.30. The van der Waals surface area contributed by atoms with Crippen molar-refractivity contribution >= 4 is 11.6 Å². The molecule has 0 saturated heterocycles. The van der Waals surface area contributed by atoms with Crippen molar-refractivity contribution in [3.8, 4) is 0 Å². The molecular weight excluding hydrogens is 202 g/mol. The molecule has 0 bridgehead atoms. The molecule has 0 spiro atoms. The van der Waals surface area contributed by atoms with Gasteiger partial charge in [0.2, 0.25) is 0 Å². The van der Waals surface area contributed by atoms with Gasteiger partial charge in [0.05, 0.1) is 18.8 Å². The smallest absolute Gasteiger partial charge is 0.0704 e. The average Bonchev–Trinajstić information content (AvgIpc) is 2.16. The zero-order chi connectivity index (χ0) is 10.7. The molecule has 4 N–H and O–H groups in total. The first kappa shape index (κ1) is 11.5. The Morgan fingerprint density at radius 3 is 2.64 bits per heavy atom. The third kappa shape index (κ3) is 2.45. The van der Waals surface area contributed by atoms with Crippen LogP contribution in [0.15, 0.2) is 18.2 Å². The largest absolute Gasteiger partial charge is 0.392 e. The SMILES string of the molecule is C[C@H](O)[C@@H](N)c1ccc(Cl)cc1CO. The number of halogens is 1. The van der Waals surface area contributed by atoms with E-state index in [2.05, 4.69) is 0 Å².